The van der Waals surface area contributed by atoms with Crippen LogP contribution in [-0.2, 0) is 12.8 Å². The van der Waals surface area contributed by atoms with E-state index < -0.39 is 0 Å². The van der Waals surface area contributed by atoms with E-state index in [0.717, 1.165) is 29.9 Å². The second-order valence-corrected chi connectivity index (χ2v) is 9.57. The van der Waals surface area contributed by atoms with Gasteiger partial charge in [0.05, 0.1) is 12.1 Å². The van der Waals surface area contributed by atoms with Gasteiger partial charge in [-0.1, -0.05) is 11.6 Å². The topological polar surface area (TPSA) is 91.4 Å². The first-order chi connectivity index (χ1) is 17.4. The summed E-state index contributed by atoms with van der Waals surface area (Å²) >= 11 is 6.48. The Kier molecular flexibility index (Phi) is 8.28. The molecule has 36 heavy (non-hydrogen) atoms. The number of benzene rings is 2. The van der Waals surface area contributed by atoms with Crippen LogP contribution >= 0.6 is 11.6 Å². The monoisotopic (exact) mass is 508 g/mol. The maximum absolute atomic E-state index is 12.1. The standard InChI is InChI=1S/C27H33ClN6O2/c1-17-15-34(16-18(2)32-17)23-9-7-22(8-10-23)33-27-30-13-19(14-31-27)5-6-20-11-21(26(35)29-3)12-24(36-4)25(20)28/h7-14,17-18,32H,5-6,15-16H2,1-4H3,(H,29,35)(H,30,31,33)/t17-,18-/m0/s1. The summed E-state index contributed by atoms with van der Waals surface area (Å²) in [5.74, 6) is 0.836. The van der Waals surface area contributed by atoms with E-state index in [9.17, 15) is 4.79 Å². The molecule has 0 radical (unpaired) electrons. The zero-order valence-corrected chi connectivity index (χ0v) is 21.9. The largest absolute Gasteiger partial charge is 0.495 e. The number of carbonyl (C=O) groups excluding carboxylic acids is 1. The number of piperazine rings is 1. The Morgan fingerprint density at radius 1 is 1.11 bits per heavy atom. The van der Waals surface area contributed by atoms with Gasteiger partial charge in [0, 0.05) is 61.6 Å². The number of anilines is 3. The number of methoxy groups -OCH3 is 1. The van der Waals surface area contributed by atoms with Crippen molar-refractivity contribution in [1.82, 2.24) is 20.6 Å². The number of amides is 1. The van der Waals surface area contributed by atoms with E-state index in [0.29, 0.717) is 47.2 Å². The molecule has 1 fully saturated rings. The molecule has 1 aliphatic rings. The van der Waals surface area contributed by atoms with Gasteiger partial charge in [-0.25, -0.2) is 9.97 Å². The SMILES string of the molecule is CNC(=O)c1cc(CCc2cnc(Nc3ccc(N4C[C@H](C)N[C@@H](C)C4)cc3)nc2)c(Cl)c(OC)c1. The predicted molar refractivity (Wildman–Crippen MR) is 145 cm³/mol. The third kappa shape index (κ3) is 6.25. The Hall–Kier alpha value is -3.36. The fourth-order valence-electron chi connectivity index (χ4n) is 4.51. The zero-order valence-electron chi connectivity index (χ0n) is 21.1. The molecule has 9 heteroatoms. The molecule has 2 atom stereocenters. The van der Waals surface area contributed by atoms with Gasteiger partial charge in [0.2, 0.25) is 5.95 Å². The summed E-state index contributed by atoms with van der Waals surface area (Å²) in [4.78, 5) is 23.4. The second-order valence-electron chi connectivity index (χ2n) is 9.19. The Morgan fingerprint density at radius 3 is 2.39 bits per heavy atom. The van der Waals surface area contributed by atoms with Crippen LogP contribution in [0.5, 0.6) is 5.75 Å². The van der Waals surface area contributed by atoms with Crippen LogP contribution in [0.4, 0.5) is 17.3 Å². The number of nitrogens with one attached hydrogen (secondary N) is 3. The number of aromatic nitrogens is 2. The lowest BCUT2D eigenvalue weighted by Crippen LogP contribution is -2.54. The van der Waals surface area contributed by atoms with Crippen LogP contribution < -0.4 is 25.6 Å². The van der Waals surface area contributed by atoms with Crippen LogP contribution in [0.3, 0.4) is 0 Å². The quantitative estimate of drug-likeness (QED) is 0.419. The lowest BCUT2D eigenvalue weighted by molar-refractivity contribution is 0.0962. The summed E-state index contributed by atoms with van der Waals surface area (Å²) in [5, 5.41) is 9.98. The van der Waals surface area contributed by atoms with Gasteiger partial charge < -0.3 is 25.6 Å². The number of nitrogens with zero attached hydrogens (tertiary/aromatic N) is 3. The first-order valence-corrected chi connectivity index (χ1v) is 12.5. The molecule has 0 spiro atoms. The highest BCUT2D eigenvalue weighted by molar-refractivity contribution is 6.33. The van der Waals surface area contributed by atoms with Crippen LogP contribution in [-0.4, -0.2) is 55.2 Å². The van der Waals surface area contributed by atoms with E-state index in [1.165, 1.54) is 12.8 Å². The lowest BCUT2D eigenvalue weighted by Gasteiger charge is -2.37. The normalized spacial score (nSPS) is 17.5. The van der Waals surface area contributed by atoms with Crippen LogP contribution in [0.25, 0.3) is 0 Å². The molecule has 0 bridgehead atoms. The van der Waals surface area contributed by atoms with Gasteiger partial charge in [0.25, 0.3) is 5.91 Å². The molecule has 190 valence electrons. The van der Waals surface area contributed by atoms with Crippen molar-refractivity contribution in [2.75, 3.05) is 37.5 Å². The number of aryl methyl sites for hydroxylation is 2. The Balaban J connectivity index is 1.37. The Labute approximate surface area is 217 Å². The third-order valence-electron chi connectivity index (χ3n) is 6.26. The van der Waals surface area contributed by atoms with E-state index in [1.54, 1.807) is 31.6 Å². The highest BCUT2D eigenvalue weighted by atomic mass is 35.5. The van der Waals surface area contributed by atoms with Crippen molar-refractivity contribution in [2.45, 2.75) is 38.8 Å². The zero-order chi connectivity index (χ0) is 25.7. The molecule has 2 aromatic carbocycles. The summed E-state index contributed by atoms with van der Waals surface area (Å²) in [6, 6.07) is 12.8. The molecule has 3 N–H and O–H groups in total. The van der Waals surface area contributed by atoms with Gasteiger partial charge in [-0.15, -0.1) is 0 Å². The predicted octanol–water partition coefficient (Wildman–Crippen LogP) is 4.21. The summed E-state index contributed by atoms with van der Waals surface area (Å²) in [7, 11) is 3.13. The summed E-state index contributed by atoms with van der Waals surface area (Å²) in [6.07, 6.45) is 4.92. The molecule has 2 heterocycles. The molecule has 0 saturated carbocycles. The molecular weight excluding hydrogens is 476 g/mol. The van der Waals surface area contributed by atoms with Gasteiger partial charge in [-0.3, -0.25) is 4.79 Å². The van der Waals surface area contributed by atoms with E-state index >= 15 is 0 Å². The molecule has 1 aromatic heterocycles. The minimum Gasteiger partial charge on any atom is -0.495 e. The van der Waals surface area contributed by atoms with E-state index in [1.807, 2.05) is 0 Å². The number of hydrogen-bond acceptors (Lipinski definition) is 7. The van der Waals surface area contributed by atoms with E-state index in [4.69, 9.17) is 16.3 Å². The fraction of sp³-hybridized carbons (Fsp3) is 0.370. The van der Waals surface area contributed by atoms with Crippen LogP contribution in [0.1, 0.15) is 35.3 Å². The molecule has 0 aliphatic carbocycles. The van der Waals surface area contributed by atoms with Gasteiger partial charge in [-0.2, -0.15) is 0 Å². The second kappa shape index (κ2) is 11.6. The number of rotatable bonds is 8. The first kappa shape index (κ1) is 25.7. The van der Waals surface area contributed by atoms with Crippen molar-refractivity contribution in [3.63, 3.8) is 0 Å². The minimum atomic E-state index is -0.185. The molecule has 1 amide bonds. The van der Waals surface area contributed by atoms with Crippen molar-refractivity contribution in [2.24, 2.45) is 0 Å². The molecule has 3 aromatic rings. The highest BCUT2D eigenvalue weighted by Gasteiger charge is 2.21. The van der Waals surface area contributed by atoms with Crippen molar-refractivity contribution in [3.8, 4) is 5.75 Å². The molecule has 0 unspecified atom stereocenters. The van der Waals surface area contributed by atoms with E-state index in [-0.39, 0.29) is 5.91 Å². The van der Waals surface area contributed by atoms with Crippen molar-refractivity contribution >= 4 is 34.8 Å². The molecular formula is C27H33ClN6O2. The van der Waals surface area contributed by atoms with Crippen molar-refractivity contribution in [3.05, 3.63) is 70.5 Å². The average molecular weight is 509 g/mol. The van der Waals surface area contributed by atoms with Crippen LogP contribution in [0, 0.1) is 0 Å². The van der Waals surface area contributed by atoms with Gasteiger partial charge in [0.15, 0.2) is 0 Å². The van der Waals surface area contributed by atoms with E-state index in [2.05, 4.69) is 68.9 Å². The average Bonchev–Trinajstić information content (AvgIpc) is 2.88. The number of carbonyl (C=O) groups is 1. The van der Waals surface area contributed by atoms with Crippen LogP contribution in [0.15, 0.2) is 48.8 Å². The smallest absolute Gasteiger partial charge is 0.251 e. The maximum Gasteiger partial charge on any atom is 0.251 e. The van der Waals surface area contributed by atoms with Crippen molar-refractivity contribution < 1.29 is 9.53 Å². The number of halogens is 1. The van der Waals surface area contributed by atoms with Gasteiger partial charge >= 0.3 is 0 Å². The number of ether oxygens (including phenoxy) is 1. The van der Waals surface area contributed by atoms with Crippen LogP contribution in [0.2, 0.25) is 5.02 Å². The third-order valence-corrected chi connectivity index (χ3v) is 6.69. The Bertz CT molecular complexity index is 1180. The summed E-state index contributed by atoms with van der Waals surface area (Å²) in [6.45, 7) is 6.42. The molecule has 1 aliphatic heterocycles. The van der Waals surface area contributed by atoms with Crippen molar-refractivity contribution in [1.29, 1.82) is 0 Å². The highest BCUT2D eigenvalue weighted by Crippen LogP contribution is 2.31. The fourth-order valence-corrected chi connectivity index (χ4v) is 4.79. The summed E-state index contributed by atoms with van der Waals surface area (Å²) < 4.78 is 5.35. The minimum absolute atomic E-state index is 0.185. The lowest BCUT2D eigenvalue weighted by atomic mass is 10.0. The Morgan fingerprint density at radius 2 is 1.78 bits per heavy atom. The maximum atomic E-state index is 12.1. The first-order valence-electron chi connectivity index (χ1n) is 12.1. The van der Waals surface area contributed by atoms with Gasteiger partial charge in [-0.05, 0) is 74.2 Å². The molecule has 4 rings (SSSR count). The molecule has 8 nitrogen and oxygen atoms in total. The number of hydrogen-bond donors (Lipinski definition) is 3. The molecule has 1 saturated heterocycles. The van der Waals surface area contributed by atoms with Gasteiger partial charge in [0.1, 0.15) is 5.75 Å². The summed E-state index contributed by atoms with van der Waals surface area (Å²) in [5.41, 5.74) is 4.47.